The molecule has 60 heavy (non-hydrogen) atoms. The number of hydrogen-bond acceptors (Lipinski definition) is 22. The number of fused-ring (bicyclic) bond motifs is 1. The van der Waals surface area contributed by atoms with Crippen LogP contribution in [0.15, 0.2) is 12.7 Å². The number of anilines is 1. The van der Waals surface area contributed by atoms with E-state index in [0.29, 0.717) is 11.8 Å². The Morgan fingerprint density at radius 1 is 1.03 bits per heavy atom. The number of imidazole rings is 1. The van der Waals surface area contributed by atoms with Crippen molar-refractivity contribution < 1.29 is 99.9 Å². The topological polar surface area (TPSA) is 453 Å². The lowest BCUT2D eigenvalue weighted by atomic mass is 9.87. The number of carboxylic acids is 1. The maximum Gasteiger partial charge on any atom is 0.481 e. The van der Waals surface area contributed by atoms with Gasteiger partial charge in [0.15, 0.2) is 24.3 Å². The van der Waals surface area contributed by atoms with E-state index in [1.807, 2.05) is 0 Å². The second kappa shape index (κ2) is 21.5. The van der Waals surface area contributed by atoms with Crippen molar-refractivity contribution in [2.75, 3.05) is 44.4 Å². The average Bonchev–Trinajstić information content (AvgIpc) is 3.70. The van der Waals surface area contributed by atoms with Crippen LogP contribution in [0.25, 0.3) is 11.2 Å². The predicted molar refractivity (Wildman–Crippen MR) is 198 cm³/mol. The van der Waals surface area contributed by atoms with E-state index in [4.69, 9.17) is 30.4 Å². The third-order valence-electron chi connectivity index (χ3n) is 7.79. The fourth-order valence-electron chi connectivity index (χ4n) is 4.85. The normalized spacial score (nSPS) is 21.4. The van der Waals surface area contributed by atoms with Crippen LogP contribution in [0.3, 0.4) is 0 Å². The number of nitrogens with two attached hydrogens (primary N) is 2. The molecule has 0 bridgehead atoms. The summed E-state index contributed by atoms with van der Waals surface area (Å²) in [5.41, 5.74) is 9.74. The Labute approximate surface area is 342 Å². The number of hydrogen-bond donors (Lipinski definition) is 11. The number of phosphoric acid groups is 3. The van der Waals surface area contributed by atoms with E-state index in [2.05, 4.69) is 39.2 Å². The standard InChI is InChI=1S/C27H43N8O21P3S/c1-27(2,21(41)24(42)31-4-3-15(36)30-5-6-60-26(43)13(28)7-17(39)51-9-16(37)38)10-53-59(49,50)56-58(47,48)52-8-14-20(55-57(44,45)46)19(40)25(54-14)35-12-34-18-22(29)32-11-33-23(18)35/h11-14,19-21,25,40-41H,3-10,28H2,1-2H3,(H,30,36)(H,31,42)(H,37,38)(H,47,48)(H,49,50)(H2,29,32,33)(H2,44,45,46). The highest BCUT2D eigenvalue weighted by atomic mass is 32.2. The first kappa shape index (κ1) is 50.8. The van der Waals surface area contributed by atoms with Gasteiger partial charge in [-0.15, -0.1) is 0 Å². The Kier molecular flexibility index (Phi) is 18.2. The summed E-state index contributed by atoms with van der Waals surface area (Å²) in [5.74, 6) is -4.02. The van der Waals surface area contributed by atoms with Gasteiger partial charge in [0.25, 0.3) is 0 Å². The monoisotopic (exact) mass is 940 g/mol. The van der Waals surface area contributed by atoms with Crippen molar-refractivity contribution in [1.82, 2.24) is 30.2 Å². The molecule has 2 aromatic heterocycles. The number of aliphatic hydroxyl groups excluding tert-OH is 2. The Balaban J connectivity index is 1.44. The number of aliphatic hydroxyl groups is 2. The van der Waals surface area contributed by atoms with Gasteiger partial charge in [0, 0.05) is 30.7 Å². The van der Waals surface area contributed by atoms with Crippen molar-refractivity contribution in [3.05, 3.63) is 12.7 Å². The maximum atomic E-state index is 12.7. The molecule has 13 N–H and O–H groups in total. The lowest BCUT2D eigenvalue weighted by molar-refractivity contribution is -0.155. The summed E-state index contributed by atoms with van der Waals surface area (Å²) in [6.45, 7) is -0.912. The lowest BCUT2D eigenvalue weighted by Crippen LogP contribution is -2.46. The zero-order valence-corrected chi connectivity index (χ0v) is 34.8. The van der Waals surface area contributed by atoms with E-state index in [1.165, 1.54) is 13.8 Å². The fraction of sp³-hybridized carbons (Fsp3) is 0.630. The van der Waals surface area contributed by atoms with E-state index in [9.17, 15) is 67.5 Å². The second-order valence-electron chi connectivity index (χ2n) is 13.1. The highest BCUT2D eigenvalue weighted by Crippen LogP contribution is 2.61. The van der Waals surface area contributed by atoms with Gasteiger partial charge in [-0.25, -0.2) is 33.4 Å². The van der Waals surface area contributed by atoms with Crippen molar-refractivity contribution in [2.24, 2.45) is 11.1 Å². The Morgan fingerprint density at radius 3 is 2.35 bits per heavy atom. The maximum absolute atomic E-state index is 12.7. The van der Waals surface area contributed by atoms with Crippen molar-refractivity contribution in [1.29, 1.82) is 0 Å². The SMILES string of the molecule is CC(C)(COP(=O)(O)OP(=O)(O)OCC1OC(n2cnc3c(N)ncnc32)C(O)C1OP(=O)(O)O)C(O)C(=O)NCCC(=O)NCCSC(=O)C(N)CC(=O)OCC(=O)O. The lowest BCUT2D eigenvalue weighted by Gasteiger charge is -2.30. The molecule has 0 aromatic carbocycles. The molecule has 1 aliphatic rings. The number of amides is 2. The van der Waals surface area contributed by atoms with Crippen LogP contribution in [0.4, 0.5) is 5.82 Å². The van der Waals surface area contributed by atoms with Crippen LogP contribution in [-0.4, -0.2) is 152 Å². The van der Waals surface area contributed by atoms with E-state index in [1.54, 1.807) is 0 Å². The average molecular weight is 941 g/mol. The molecule has 33 heteroatoms. The number of aromatic nitrogens is 4. The van der Waals surface area contributed by atoms with Gasteiger partial charge in [-0.1, -0.05) is 25.6 Å². The van der Waals surface area contributed by atoms with Crippen LogP contribution in [0.1, 0.15) is 32.9 Å². The number of carbonyl (C=O) groups is 5. The molecule has 29 nitrogen and oxygen atoms in total. The molecule has 1 aliphatic heterocycles. The largest absolute Gasteiger partial charge is 0.481 e. The van der Waals surface area contributed by atoms with Gasteiger partial charge in [0.1, 0.15) is 36.3 Å². The minimum Gasteiger partial charge on any atom is -0.479 e. The zero-order chi connectivity index (χ0) is 45.2. The third kappa shape index (κ3) is 15.7. The number of ether oxygens (including phenoxy) is 2. The molecule has 8 unspecified atom stereocenters. The molecule has 2 amide bonds. The minimum absolute atomic E-state index is 0.00984. The Morgan fingerprint density at radius 2 is 1.70 bits per heavy atom. The summed E-state index contributed by atoms with van der Waals surface area (Å²) in [5, 5.41) is 34.0. The van der Waals surface area contributed by atoms with Gasteiger partial charge < -0.3 is 66.5 Å². The number of nitrogen functional groups attached to an aromatic ring is 1. The molecule has 8 atom stereocenters. The van der Waals surface area contributed by atoms with E-state index < -0.39 is 121 Å². The zero-order valence-electron chi connectivity index (χ0n) is 31.3. The number of carboxylic acid groups (broad SMARTS) is 1. The number of aliphatic carboxylic acids is 1. The first-order chi connectivity index (χ1) is 27.7. The molecule has 0 aliphatic carbocycles. The summed E-state index contributed by atoms with van der Waals surface area (Å²) in [4.78, 5) is 110. The summed E-state index contributed by atoms with van der Waals surface area (Å²) < 4.78 is 66.4. The van der Waals surface area contributed by atoms with Crippen LogP contribution in [0, 0.1) is 5.41 Å². The van der Waals surface area contributed by atoms with Gasteiger partial charge in [0.05, 0.1) is 32.0 Å². The number of thioether (sulfide) groups is 1. The highest BCUT2D eigenvalue weighted by Gasteiger charge is 2.50. The van der Waals surface area contributed by atoms with Gasteiger partial charge >= 0.3 is 35.4 Å². The summed E-state index contributed by atoms with van der Waals surface area (Å²) in [6, 6.07) is -1.27. The van der Waals surface area contributed by atoms with Crippen LogP contribution < -0.4 is 22.1 Å². The molecule has 1 fully saturated rings. The molecule has 1 saturated heterocycles. The fourth-order valence-corrected chi connectivity index (χ4v) is 8.38. The second-order valence-corrected chi connectivity index (χ2v) is 18.4. The number of nitrogens with one attached hydrogen (secondary N) is 2. The van der Waals surface area contributed by atoms with Crippen molar-refractivity contribution in [3.8, 4) is 0 Å². The highest BCUT2D eigenvalue weighted by molar-refractivity contribution is 8.13. The van der Waals surface area contributed by atoms with Gasteiger partial charge in [-0.3, -0.25) is 37.3 Å². The number of nitrogens with zero attached hydrogens (tertiary/aromatic N) is 4. The number of carbonyl (C=O) groups excluding carboxylic acids is 4. The quantitative estimate of drug-likeness (QED) is 0.0284. The van der Waals surface area contributed by atoms with Crippen LogP contribution in [0.5, 0.6) is 0 Å². The summed E-state index contributed by atoms with van der Waals surface area (Å²) in [6.07, 6.45) is -7.81. The van der Waals surface area contributed by atoms with Crippen molar-refractivity contribution in [3.63, 3.8) is 0 Å². The Hall–Kier alpha value is -3.54. The molecule has 0 radical (unpaired) electrons. The number of phosphoric ester groups is 3. The number of rotatable bonds is 24. The Bertz CT molecular complexity index is 2020. The van der Waals surface area contributed by atoms with Crippen molar-refractivity contribution in [2.45, 2.75) is 63.4 Å². The summed E-state index contributed by atoms with van der Waals surface area (Å²) >= 11 is 0.696. The minimum atomic E-state index is -5.61. The smallest absolute Gasteiger partial charge is 0.479 e. The van der Waals surface area contributed by atoms with Crippen LogP contribution >= 0.6 is 35.2 Å². The molecule has 3 rings (SSSR count). The van der Waals surface area contributed by atoms with Crippen LogP contribution in [-0.2, 0) is 65.0 Å². The predicted octanol–water partition coefficient (Wildman–Crippen LogP) is -2.99. The first-order valence-electron chi connectivity index (χ1n) is 16.9. The number of esters is 1. The molecule has 2 aromatic rings. The molecular formula is C27H43N8O21P3S. The van der Waals surface area contributed by atoms with E-state index >= 15 is 0 Å². The van der Waals surface area contributed by atoms with Crippen molar-refractivity contribution >= 4 is 81.1 Å². The van der Waals surface area contributed by atoms with Gasteiger partial charge in [0.2, 0.25) is 16.9 Å². The third-order valence-corrected chi connectivity index (χ3v) is 11.9. The van der Waals surface area contributed by atoms with Gasteiger partial charge in [-0.05, 0) is 0 Å². The van der Waals surface area contributed by atoms with Gasteiger partial charge in [-0.2, -0.15) is 4.31 Å². The van der Waals surface area contributed by atoms with E-state index in [-0.39, 0.29) is 42.2 Å². The summed E-state index contributed by atoms with van der Waals surface area (Å²) in [7, 11) is -16.5. The molecule has 0 spiro atoms. The van der Waals surface area contributed by atoms with E-state index in [0.717, 1.165) is 17.2 Å². The molecule has 3 heterocycles. The first-order valence-corrected chi connectivity index (χ1v) is 22.4. The molecule has 0 saturated carbocycles. The molecular weight excluding hydrogens is 897 g/mol. The van der Waals surface area contributed by atoms with Crippen LogP contribution in [0.2, 0.25) is 0 Å². The molecule has 338 valence electrons.